The lowest BCUT2D eigenvalue weighted by Gasteiger charge is -2.37. The van der Waals surface area contributed by atoms with Crippen LogP contribution in [0.1, 0.15) is 57.1 Å². The minimum Gasteiger partial charge on any atom is -0.371 e. The van der Waals surface area contributed by atoms with E-state index in [4.69, 9.17) is 0 Å². The molecule has 1 heterocycles. The van der Waals surface area contributed by atoms with E-state index in [2.05, 4.69) is 41.4 Å². The fourth-order valence-electron chi connectivity index (χ4n) is 3.86. The summed E-state index contributed by atoms with van der Waals surface area (Å²) in [6.45, 7) is 5.86. The summed E-state index contributed by atoms with van der Waals surface area (Å²) in [5.41, 5.74) is 3.00. The van der Waals surface area contributed by atoms with Gasteiger partial charge in [-0.25, -0.2) is 0 Å². The maximum Gasteiger partial charge on any atom is 0.0414 e. The minimum atomic E-state index is 0.561. The molecular formula is C18H28N2. The standard InChI is InChI=1S/C18H28N2/c1-2-12-19-17-11-13-20(14-15-7-3-4-8-15)18-10-6-5-9-16(17)18/h5-6,9-10,15,17,19H,2-4,7-8,11-14H2,1H3. The third-order valence-corrected chi connectivity index (χ3v) is 4.93. The lowest BCUT2D eigenvalue weighted by atomic mass is 9.95. The van der Waals surface area contributed by atoms with Gasteiger partial charge in [0, 0.05) is 24.8 Å². The quantitative estimate of drug-likeness (QED) is 0.867. The number of para-hydroxylation sites is 1. The smallest absolute Gasteiger partial charge is 0.0414 e. The van der Waals surface area contributed by atoms with E-state index in [0.29, 0.717) is 6.04 Å². The monoisotopic (exact) mass is 272 g/mol. The van der Waals surface area contributed by atoms with Crippen LogP contribution < -0.4 is 10.2 Å². The molecule has 0 radical (unpaired) electrons. The van der Waals surface area contributed by atoms with Crippen LogP contribution in [0.25, 0.3) is 0 Å². The van der Waals surface area contributed by atoms with E-state index < -0.39 is 0 Å². The van der Waals surface area contributed by atoms with Crippen LogP contribution in [0.4, 0.5) is 5.69 Å². The second-order valence-corrected chi connectivity index (χ2v) is 6.45. The summed E-state index contributed by atoms with van der Waals surface area (Å²) in [6, 6.07) is 9.60. The van der Waals surface area contributed by atoms with E-state index >= 15 is 0 Å². The van der Waals surface area contributed by atoms with Gasteiger partial charge in [-0.1, -0.05) is 38.0 Å². The number of hydrogen-bond acceptors (Lipinski definition) is 2. The molecule has 1 aromatic carbocycles. The molecular weight excluding hydrogens is 244 g/mol. The third-order valence-electron chi connectivity index (χ3n) is 4.93. The zero-order valence-corrected chi connectivity index (χ0v) is 12.8. The van der Waals surface area contributed by atoms with Crippen molar-refractivity contribution in [2.75, 3.05) is 24.5 Å². The molecule has 2 aliphatic rings. The Kier molecular flexibility index (Phi) is 4.62. The average Bonchev–Trinajstić information content (AvgIpc) is 2.99. The second kappa shape index (κ2) is 6.62. The topological polar surface area (TPSA) is 15.3 Å². The van der Waals surface area contributed by atoms with Crippen molar-refractivity contribution >= 4 is 5.69 Å². The van der Waals surface area contributed by atoms with Crippen molar-refractivity contribution in [3.63, 3.8) is 0 Å². The Bertz CT molecular complexity index is 423. The molecule has 3 rings (SSSR count). The highest BCUT2D eigenvalue weighted by atomic mass is 15.2. The van der Waals surface area contributed by atoms with Crippen molar-refractivity contribution in [3.05, 3.63) is 29.8 Å². The summed E-state index contributed by atoms with van der Waals surface area (Å²) in [5.74, 6) is 0.934. The first-order chi connectivity index (χ1) is 9.88. The Labute approximate surface area is 123 Å². The van der Waals surface area contributed by atoms with Gasteiger partial charge in [-0.3, -0.25) is 0 Å². The van der Waals surface area contributed by atoms with Gasteiger partial charge in [0.1, 0.15) is 0 Å². The molecule has 1 aliphatic heterocycles. The van der Waals surface area contributed by atoms with Crippen molar-refractivity contribution in [2.24, 2.45) is 5.92 Å². The minimum absolute atomic E-state index is 0.561. The van der Waals surface area contributed by atoms with Crippen LogP contribution >= 0.6 is 0 Å². The zero-order chi connectivity index (χ0) is 13.8. The van der Waals surface area contributed by atoms with Crippen LogP contribution in [0.5, 0.6) is 0 Å². The van der Waals surface area contributed by atoms with Crippen LogP contribution in [0.2, 0.25) is 0 Å². The summed E-state index contributed by atoms with van der Waals surface area (Å²) >= 11 is 0. The SMILES string of the molecule is CCCNC1CCN(CC2CCCC2)c2ccccc21. The normalized spacial score (nSPS) is 23.1. The molecule has 2 nitrogen and oxygen atoms in total. The molecule has 1 N–H and O–H groups in total. The van der Waals surface area contributed by atoms with Crippen molar-refractivity contribution < 1.29 is 0 Å². The fourth-order valence-corrected chi connectivity index (χ4v) is 3.86. The maximum absolute atomic E-state index is 3.71. The van der Waals surface area contributed by atoms with Crippen LogP contribution in [0, 0.1) is 5.92 Å². The Morgan fingerprint density at radius 1 is 1.15 bits per heavy atom. The molecule has 2 heteroatoms. The number of rotatable bonds is 5. The first-order valence-electron chi connectivity index (χ1n) is 8.45. The number of benzene rings is 1. The van der Waals surface area contributed by atoms with Crippen molar-refractivity contribution in [1.82, 2.24) is 5.32 Å². The molecule has 0 spiro atoms. The van der Waals surface area contributed by atoms with Crippen LogP contribution in [0.3, 0.4) is 0 Å². The van der Waals surface area contributed by atoms with Gasteiger partial charge in [0.05, 0.1) is 0 Å². The highest BCUT2D eigenvalue weighted by Crippen LogP contribution is 2.35. The summed E-state index contributed by atoms with van der Waals surface area (Å²) in [4.78, 5) is 2.65. The number of fused-ring (bicyclic) bond motifs is 1. The molecule has 0 amide bonds. The van der Waals surface area contributed by atoms with E-state index in [-0.39, 0.29) is 0 Å². The maximum atomic E-state index is 3.71. The number of hydrogen-bond donors (Lipinski definition) is 1. The van der Waals surface area contributed by atoms with Gasteiger partial charge in [-0.05, 0) is 49.8 Å². The van der Waals surface area contributed by atoms with Gasteiger partial charge in [0.25, 0.3) is 0 Å². The molecule has 0 bridgehead atoms. The fraction of sp³-hybridized carbons (Fsp3) is 0.667. The molecule has 0 saturated heterocycles. The van der Waals surface area contributed by atoms with E-state index in [1.54, 1.807) is 0 Å². The molecule has 1 aliphatic carbocycles. The summed E-state index contributed by atoms with van der Waals surface area (Å²) in [6.07, 6.45) is 8.24. The van der Waals surface area contributed by atoms with Gasteiger partial charge < -0.3 is 10.2 Å². The van der Waals surface area contributed by atoms with Gasteiger partial charge in [-0.2, -0.15) is 0 Å². The van der Waals surface area contributed by atoms with Gasteiger partial charge in [0.15, 0.2) is 0 Å². The predicted molar refractivity (Wildman–Crippen MR) is 86.3 cm³/mol. The molecule has 1 fully saturated rings. The second-order valence-electron chi connectivity index (χ2n) is 6.45. The zero-order valence-electron chi connectivity index (χ0n) is 12.8. The number of nitrogens with one attached hydrogen (secondary N) is 1. The van der Waals surface area contributed by atoms with Crippen LogP contribution in [0.15, 0.2) is 24.3 Å². The van der Waals surface area contributed by atoms with Gasteiger partial charge in [-0.15, -0.1) is 0 Å². The summed E-state index contributed by atoms with van der Waals surface area (Å²) in [5, 5.41) is 3.71. The Morgan fingerprint density at radius 3 is 2.75 bits per heavy atom. The van der Waals surface area contributed by atoms with Crippen molar-refractivity contribution in [3.8, 4) is 0 Å². The highest BCUT2D eigenvalue weighted by Gasteiger charge is 2.26. The molecule has 1 atom stereocenters. The van der Waals surface area contributed by atoms with Crippen molar-refractivity contribution in [1.29, 1.82) is 0 Å². The lowest BCUT2D eigenvalue weighted by Crippen LogP contribution is -2.38. The predicted octanol–water partition coefficient (Wildman–Crippen LogP) is 4.13. The average molecular weight is 272 g/mol. The first kappa shape index (κ1) is 13.9. The van der Waals surface area contributed by atoms with E-state index in [0.717, 1.165) is 12.5 Å². The van der Waals surface area contributed by atoms with Crippen LogP contribution in [-0.4, -0.2) is 19.6 Å². The van der Waals surface area contributed by atoms with E-state index in [9.17, 15) is 0 Å². The summed E-state index contributed by atoms with van der Waals surface area (Å²) < 4.78 is 0. The summed E-state index contributed by atoms with van der Waals surface area (Å²) in [7, 11) is 0. The Hall–Kier alpha value is -1.02. The molecule has 20 heavy (non-hydrogen) atoms. The molecule has 1 aromatic rings. The van der Waals surface area contributed by atoms with E-state index in [1.807, 2.05) is 0 Å². The van der Waals surface area contributed by atoms with Crippen LogP contribution in [-0.2, 0) is 0 Å². The Balaban J connectivity index is 1.73. The largest absolute Gasteiger partial charge is 0.371 e. The Morgan fingerprint density at radius 2 is 1.95 bits per heavy atom. The third kappa shape index (κ3) is 3.01. The highest BCUT2D eigenvalue weighted by molar-refractivity contribution is 5.57. The number of nitrogens with zero attached hydrogens (tertiary/aromatic N) is 1. The molecule has 1 saturated carbocycles. The first-order valence-corrected chi connectivity index (χ1v) is 8.45. The molecule has 0 aromatic heterocycles. The van der Waals surface area contributed by atoms with E-state index in [1.165, 1.54) is 62.9 Å². The van der Waals surface area contributed by atoms with Gasteiger partial charge in [0.2, 0.25) is 0 Å². The molecule has 110 valence electrons. The van der Waals surface area contributed by atoms with Gasteiger partial charge >= 0.3 is 0 Å². The molecule has 1 unspecified atom stereocenters. The lowest BCUT2D eigenvalue weighted by molar-refractivity contribution is 0.454. The number of anilines is 1. The van der Waals surface area contributed by atoms with Crippen molar-refractivity contribution in [2.45, 2.75) is 51.5 Å².